The van der Waals surface area contributed by atoms with E-state index in [2.05, 4.69) is 69.9 Å². The maximum absolute atomic E-state index is 12.3. The highest BCUT2D eigenvalue weighted by Crippen LogP contribution is 2.27. The van der Waals surface area contributed by atoms with Gasteiger partial charge in [0, 0.05) is 50.7 Å². The highest BCUT2D eigenvalue weighted by Gasteiger charge is 2.25. The van der Waals surface area contributed by atoms with Crippen molar-refractivity contribution in [3.63, 3.8) is 0 Å². The molecule has 36 heavy (non-hydrogen) atoms. The summed E-state index contributed by atoms with van der Waals surface area (Å²) >= 11 is 0. The van der Waals surface area contributed by atoms with Crippen LogP contribution in [0, 0.1) is 0 Å². The fourth-order valence-electron chi connectivity index (χ4n) is 4.85. The Morgan fingerprint density at radius 2 is 1.69 bits per heavy atom. The van der Waals surface area contributed by atoms with Crippen molar-refractivity contribution in [3.05, 3.63) is 70.9 Å². The van der Waals surface area contributed by atoms with Crippen LogP contribution in [0.1, 0.15) is 63.4 Å². The molecule has 3 heterocycles. The van der Waals surface area contributed by atoms with Crippen molar-refractivity contribution in [1.29, 1.82) is 0 Å². The molecule has 3 aromatic rings. The van der Waals surface area contributed by atoms with Crippen LogP contribution < -0.4 is 11.0 Å². The first-order valence-corrected chi connectivity index (χ1v) is 12.6. The number of nitrogens with zero attached hydrogens (tertiary/aromatic N) is 6. The van der Waals surface area contributed by atoms with Gasteiger partial charge >= 0.3 is 5.69 Å². The van der Waals surface area contributed by atoms with Gasteiger partial charge in [0.2, 0.25) is 11.9 Å². The first-order valence-electron chi connectivity index (χ1n) is 12.6. The van der Waals surface area contributed by atoms with Crippen LogP contribution in [0.3, 0.4) is 0 Å². The SMILES string of the molecule is C=CC(=O)N1CCN(C(CC)c2ccc([C@H](C)Nc3ncc4cnc(=O)n(C(C)C)c4n3)cc2)CC1. The fourth-order valence-corrected chi connectivity index (χ4v) is 4.85. The molecule has 2 aromatic heterocycles. The predicted octanol–water partition coefficient (Wildman–Crippen LogP) is 3.72. The molecule has 9 nitrogen and oxygen atoms in total. The molecule has 1 unspecified atom stereocenters. The predicted molar refractivity (Wildman–Crippen MR) is 142 cm³/mol. The summed E-state index contributed by atoms with van der Waals surface area (Å²) in [4.78, 5) is 41.5. The van der Waals surface area contributed by atoms with E-state index in [4.69, 9.17) is 0 Å². The fraction of sp³-hybridized carbons (Fsp3) is 0.444. The zero-order chi connectivity index (χ0) is 25.8. The van der Waals surface area contributed by atoms with Crippen LogP contribution in [0.5, 0.6) is 0 Å². The number of benzene rings is 1. The minimum absolute atomic E-state index is 0.00749. The minimum Gasteiger partial charge on any atom is -0.348 e. The number of aromatic nitrogens is 4. The first kappa shape index (κ1) is 25.5. The summed E-state index contributed by atoms with van der Waals surface area (Å²) < 4.78 is 1.58. The van der Waals surface area contributed by atoms with Gasteiger partial charge in [0.25, 0.3) is 0 Å². The van der Waals surface area contributed by atoms with Gasteiger partial charge in [-0.05, 0) is 44.4 Å². The summed E-state index contributed by atoms with van der Waals surface area (Å²) in [5.74, 6) is 0.477. The highest BCUT2D eigenvalue weighted by atomic mass is 16.2. The van der Waals surface area contributed by atoms with E-state index in [0.29, 0.717) is 17.6 Å². The van der Waals surface area contributed by atoms with Crippen LogP contribution in [0.2, 0.25) is 0 Å². The van der Waals surface area contributed by atoms with E-state index in [1.54, 1.807) is 10.8 Å². The first-order chi connectivity index (χ1) is 17.3. The maximum Gasteiger partial charge on any atom is 0.349 e. The van der Waals surface area contributed by atoms with Gasteiger partial charge in [-0.15, -0.1) is 0 Å². The molecule has 0 radical (unpaired) electrons. The van der Waals surface area contributed by atoms with Gasteiger partial charge in [0.15, 0.2) is 5.65 Å². The Labute approximate surface area is 211 Å². The van der Waals surface area contributed by atoms with Crippen molar-refractivity contribution in [3.8, 4) is 0 Å². The van der Waals surface area contributed by atoms with Crippen LogP contribution in [-0.2, 0) is 4.79 Å². The van der Waals surface area contributed by atoms with Gasteiger partial charge in [-0.25, -0.2) is 14.8 Å². The molecule has 9 heteroatoms. The summed E-state index contributed by atoms with van der Waals surface area (Å²) in [5.41, 5.74) is 2.65. The maximum atomic E-state index is 12.3. The molecule has 0 aliphatic carbocycles. The third kappa shape index (κ3) is 5.31. The van der Waals surface area contributed by atoms with Gasteiger partial charge < -0.3 is 10.2 Å². The number of anilines is 1. The van der Waals surface area contributed by atoms with Crippen molar-refractivity contribution in [2.45, 2.75) is 52.2 Å². The lowest BCUT2D eigenvalue weighted by Gasteiger charge is -2.39. The molecule has 0 spiro atoms. The zero-order valence-electron chi connectivity index (χ0n) is 21.5. The molecule has 190 valence electrons. The third-order valence-corrected chi connectivity index (χ3v) is 6.86. The van der Waals surface area contributed by atoms with Crippen molar-refractivity contribution >= 4 is 22.9 Å². The van der Waals surface area contributed by atoms with Crippen LogP contribution >= 0.6 is 0 Å². The van der Waals surface area contributed by atoms with E-state index in [1.807, 2.05) is 18.7 Å². The Morgan fingerprint density at radius 1 is 1.06 bits per heavy atom. The Hall–Kier alpha value is -3.59. The van der Waals surface area contributed by atoms with Crippen LogP contribution in [0.15, 0.2) is 54.1 Å². The lowest BCUT2D eigenvalue weighted by Crippen LogP contribution is -2.49. The quantitative estimate of drug-likeness (QED) is 0.482. The van der Waals surface area contributed by atoms with Crippen LogP contribution in [-0.4, -0.2) is 61.4 Å². The molecule has 1 aromatic carbocycles. The van der Waals surface area contributed by atoms with Gasteiger partial charge in [-0.3, -0.25) is 14.3 Å². The molecule has 1 saturated heterocycles. The van der Waals surface area contributed by atoms with E-state index in [0.717, 1.165) is 43.5 Å². The third-order valence-electron chi connectivity index (χ3n) is 6.86. The van der Waals surface area contributed by atoms with E-state index in [1.165, 1.54) is 17.8 Å². The Morgan fingerprint density at radius 3 is 2.31 bits per heavy atom. The number of hydrogen-bond donors (Lipinski definition) is 1. The second-order valence-corrected chi connectivity index (χ2v) is 9.50. The molecule has 4 rings (SSSR count). The average molecular weight is 490 g/mol. The van der Waals surface area contributed by atoms with E-state index < -0.39 is 0 Å². The molecule has 1 amide bonds. The number of carbonyl (C=O) groups is 1. The molecular weight excluding hydrogens is 454 g/mol. The van der Waals surface area contributed by atoms with E-state index >= 15 is 0 Å². The summed E-state index contributed by atoms with van der Waals surface area (Å²) in [6.45, 7) is 14.9. The van der Waals surface area contributed by atoms with Crippen molar-refractivity contribution in [2.24, 2.45) is 0 Å². The second-order valence-electron chi connectivity index (χ2n) is 9.50. The lowest BCUT2D eigenvalue weighted by atomic mass is 9.98. The number of piperazine rings is 1. The summed E-state index contributed by atoms with van der Waals surface area (Å²) in [7, 11) is 0. The van der Waals surface area contributed by atoms with Crippen LogP contribution in [0.25, 0.3) is 11.0 Å². The Balaban J connectivity index is 1.46. The average Bonchev–Trinajstić information content (AvgIpc) is 2.89. The monoisotopic (exact) mass is 489 g/mol. The Bertz CT molecular complexity index is 1280. The summed E-state index contributed by atoms with van der Waals surface area (Å²) in [6, 6.07) is 8.89. The molecular formula is C27H35N7O2. The molecule has 1 N–H and O–H groups in total. The van der Waals surface area contributed by atoms with Gasteiger partial charge in [-0.2, -0.15) is 4.98 Å². The molecule has 2 atom stereocenters. The minimum atomic E-state index is -0.315. The number of rotatable bonds is 8. The molecule has 0 bridgehead atoms. The summed E-state index contributed by atoms with van der Waals surface area (Å²) in [5, 5.41) is 4.10. The molecule has 1 aliphatic heterocycles. The molecule has 0 saturated carbocycles. The molecule has 1 fully saturated rings. The number of nitrogens with one attached hydrogen (secondary N) is 1. The summed E-state index contributed by atoms with van der Waals surface area (Å²) in [6.07, 6.45) is 5.61. The van der Waals surface area contributed by atoms with Gasteiger partial charge in [-0.1, -0.05) is 37.8 Å². The number of fused-ring (bicyclic) bond motifs is 1. The van der Waals surface area contributed by atoms with Crippen molar-refractivity contribution in [1.82, 2.24) is 29.3 Å². The number of amides is 1. The van der Waals surface area contributed by atoms with Crippen molar-refractivity contribution in [2.75, 3.05) is 31.5 Å². The standard InChI is InChI=1S/C27H35N7O2/c1-6-23(32-12-14-33(15-13-32)24(35)7-2)21-10-8-20(9-11-21)19(5)30-26-28-16-22-17-29-27(36)34(18(3)4)25(22)31-26/h7-11,16-19,23H,2,6,12-15H2,1,3-5H3,(H,28,30,31)/t19-,23?/m0/s1. The Kier molecular flexibility index (Phi) is 7.79. The smallest absolute Gasteiger partial charge is 0.348 e. The molecule has 1 aliphatic rings. The normalized spacial score (nSPS) is 16.2. The largest absolute Gasteiger partial charge is 0.349 e. The zero-order valence-corrected chi connectivity index (χ0v) is 21.5. The van der Waals surface area contributed by atoms with Gasteiger partial charge in [0.1, 0.15) is 0 Å². The van der Waals surface area contributed by atoms with Gasteiger partial charge in [0.05, 0.1) is 11.4 Å². The lowest BCUT2D eigenvalue weighted by molar-refractivity contribution is -0.128. The van der Waals surface area contributed by atoms with Crippen molar-refractivity contribution < 1.29 is 4.79 Å². The second kappa shape index (κ2) is 11.0. The number of hydrogen-bond acceptors (Lipinski definition) is 7. The number of carbonyl (C=O) groups excluding carboxylic acids is 1. The highest BCUT2D eigenvalue weighted by molar-refractivity contribution is 5.87. The topological polar surface area (TPSA) is 96.3 Å². The van der Waals surface area contributed by atoms with E-state index in [-0.39, 0.29) is 23.7 Å². The van der Waals surface area contributed by atoms with E-state index in [9.17, 15) is 9.59 Å². The van der Waals surface area contributed by atoms with Crippen LogP contribution in [0.4, 0.5) is 5.95 Å².